The first kappa shape index (κ1) is 8.54. The van der Waals surface area contributed by atoms with Crippen molar-refractivity contribution in [2.45, 2.75) is 0 Å². The maximum Gasteiger partial charge on any atom is 0.329 e. The van der Waals surface area contributed by atoms with Crippen LogP contribution in [-0.4, -0.2) is 19.1 Å². The molecule has 0 unspecified atom stereocenters. The number of H-pyrrole nitrogens is 2. The zero-order valence-corrected chi connectivity index (χ0v) is 7.62. The minimum absolute atomic E-state index is 0.111. The van der Waals surface area contributed by atoms with Gasteiger partial charge in [0.15, 0.2) is 5.52 Å². The monoisotopic (exact) mass is 196 g/mol. The fourth-order valence-corrected chi connectivity index (χ4v) is 1.27. The maximum absolute atomic E-state index is 11.5. The van der Waals surface area contributed by atoms with Gasteiger partial charge in [0.1, 0.15) is 5.65 Å². The van der Waals surface area contributed by atoms with E-state index < -0.39 is 16.9 Å². The van der Waals surface area contributed by atoms with Gasteiger partial charge in [-0.3, -0.25) is 23.9 Å². The van der Waals surface area contributed by atoms with Gasteiger partial charge in [0.2, 0.25) is 0 Å². The van der Waals surface area contributed by atoms with Gasteiger partial charge in [0, 0.05) is 14.1 Å². The molecule has 0 amide bonds. The number of rotatable bonds is 0. The van der Waals surface area contributed by atoms with Crippen LogP contribution in [0.1, 0.15) is 0 Å². The molecule has 2 N–H and O–H groups in total. The van der Waals surface area contributed by atoms with Crippen molar-refractivity contribution in [3.05, 3.63) is 31.3 Å². The molecule has 0 fully saturated rings. The Morgan fingerprint density at radius 2 is 1.50 bits per heavy atom. The molecule has 7 heteroatoms. The molecule has 14 heavy (non-hydrogen) atoms. The molecule has 0 spiro atoms. The molecule has 0 aromatic carbocycles. The van der Waals surface area contributed by atoms with E-state index in [1.54, 1.807) is 0 Å². The third kappa shape index (κ3) is 0.889. The van der Waals surface area contributed by atoms with Crippen LogP contribution < -0.4 is 16.9 Å². The van der Waals surface area contributed by atoms with Crippen LogP contribution in [0.25, 0.3) is 11.2 Å². The van der Waals surface area contributed by atoms with Crippen LogP contribution in [0.2, 0.25) is 0 Å². The van der Waals surface area contributed by atoms with Crippen molar-refractivity contribution in [2.75, 3.05) is 0 Å². The highest BCUT2D eigenvalue weighted by molar-refractivity contribution is 5.68. The number of fused-ring (bicyclic) bond motifs is 1. The Hall–Kier alpha value is -2.05. The molecule has 0 aliphatic heterocycles. The van der Waals surface area contributed by atoms with Gasteiger partial charge < -0.3 is 0 Å². The maximum atomic E-state index is 11.5. The molecule has 74 valence electrons. The molecule has 0 bridgehead atoms. The van der Waals surface area contributed by atoms with E-state index in [9.17, 15) is 14.4 Å². The summed E-state index contributed by atoms with van der Waals surface area (Å²) in [4.78, 5) is 38.6. The predicted molar refractivity (Wildman–Crippen MR) is 49.4 cm³/mol. The minimum Gasteiger partial charge on any atom is -0.300 e. The highest BCUT2D eigenvalue weighted by atomic mass is 16.2. The second-order valence-electron chi connectivity index (χ2n) is 3.01. The number of aromatic amines is 2. The highest BCUT2D eigenvalue weighted by Gasteiger charge is 2.09. The summed E-state index contributed by atoms with van der Waals surface area (Å²) in [5, 5.41) is 0. The molecular formula is C7H8N4O3. The summed E-state index contributed by atoms with van der Waals surface area (Å²) in [6.07, 6.45) is 0. The molecule has 2 heterocycles. The van der Waals surface area contributed by atoms with Crippen LogP contribution in [0.4, 0.5) is 0 Å². The molecule has 0 atom stereocenters. The summed E-state index contributed by atoms with van der Waals surface area (Å²) in [7, 11) is 2.81. The number of hydrogen-bond acceptors (Lipinski definition) is 3. The lowest BCUT2D eigenvalue weighted by Gasteiger charge is -1.96. The van der Waals surface area contributed by atoms with Gasteiger partial charge in [-0.2, -0.15) is 0 Å². The van der Waals surface area contributed by atoms with E-state index in [-0.39, 0.29) is 11.2 Å². The predicted octanol–water partition coefficient (Wildman–Crippen LogP) is -1.75. The highest BCUT2D eigenvalue weighted by Crippen LogP contribution is 1.94. The first-order valence-corrected chi connectivity index (χ1v) is 3.90. The summed E-state index contributed by atoms with van der Waals surface area (Å²) in [6.45, 7) is 0. The Morgan fingerprint density at radius 3 is 2.14 bits per heavy atom. The van der Waals surface area contributed by atoms with Crippen LogP contribution >= 0.6 is 0 Å². The van der Waals surface area contributed by atoms with Crippen molar-refractivity contribution in [1.29, 1.82) is 0 Å². The van der Waals surface area contributed by atoms with Crippen molar-refractivity contribution in [1.82, 2.24) is 19.1 Å². The molecule has 0 aliphatic rings. The van der Waals surface area contributed by atoms with Crippen molar-refractivity contribution < 1.29 is 0 Å². The Morgan fingerprint density at radius 1 is 0.929 bits per heavy atom. The fraction of sp³-hybridized carbons (Fsp3) is 0.286. The molecule has 7 nitrogen and oxygen atoms in total. The number of nitrogens with one attached hydrogen (secondary N) is 2. The van der Waals surface area contributed by atoms with E-state index in [0.29, 0.717) is 0 Å². The van der Waals surface area contributed by atoms with Crippen molar-refractivity contribution in [2.24, 2.45) is 14.1 Å². The van der Waals surface area contributed by atoms with Crippen molar-refractivity contribution in [3.63, 3.8) is 0 Å². The second kappa shape index (κ2) is 2.47. The Kier molecular flexibility index (Phi) is 1.51. The van der Waals surface area contributed by atoms with Crippen LogP contribution in [0.5, 0.6) is 0 Å². The van der Waals surface area contributed by atoms with E-state index in [0.717, 1.165) is 4.57 Å². The molecule has 2 rings (SSSR count). The van der Waals surface area contributed by atoms with Gasteiger partial charge >= 0.3 is 11.4 Å². The zero-order valence-electron chi connectivity index (χ0n) is 7.62. The van der Waals surface area contributed by atoms with Gasteiger partial charge in [-0.15, -0.1) is 0 Å². The SMILES string of the molecule is Cn1c(=O)[nH]c2c([nH]c(=O)n2C)c1=O. The summed E-state index contributed by atoms with van der Waals surface area (Å²) in [5.41, 5.74) is -1.17. The average molecular weight is 196 g/mol. The van der Waals surface area contributed by atoms with Gasteiger partial charge in [0.05, 0.1) is 0 Å². The van der Waals surface area contributed by atoms with Gasteiger partial charge in [-0.1, -0.05) is 0 Å². The lowest BCUT2D eigenvalue weighted by Crippen LogP contribution is -2.32. The fourth-order valence-electron chi connectivity index (χ4n) is 1.27. The molecule has 0 aliphatic carbocycles. The van der Waals surface area contributed by atoms with Crippen molar-refractivity contribution in [3.8, 4) is 0 Å². The average Bonchev–Trinajstić information content (AvgIpc) is 2.42. The smallest absolute Gasteiger partial charge is 0.300 e. The number of nitrogens with zero attached hydrogens (tertiary/aromatic N) is 2. The molecule has 0 saturated heterocycles. The van der Waals surface area contributed by atoms with E-state index in [1.165, 1.54) is 18.7 Å². The summed E-state index contributed by atoms with van der Waals surface area (Å²) >= 11 is 0. The van der Waals surface area contributed by atoms with Crippen LogP contribution in [0.15, 0.2) is 14.4 Å². The first-order chi connectivity index (χ1) is 6.52. The van der Waals surface area contributed by atoms with E-state index >= 15 is 0 Å². The summed E-state index contributed by atoms with van der Waals surface area (Å²) in [6, 6.07) is 0. The van der Waals surface area contributed by atoms with Gasteiger partial charge in [0.25, 0.3) is 5.56 Å². The summed E-state index contributed by atoms with van der Waals surface area (Å²) in [5.74, 6) is 0. The number of imidazole rings is 1. The van der Waals surface area contributed by atoms with Crippen LogP contribution in [-0.2, 0) is 14.1 Å². The quantitative estimate of drug-likeness (QED) is 0.523. The molecule has 0 saturated carbocycles. The zero-order chi connectivity index (χ0) is 10.5. The molecule has 0 radical (unpaired) electrons. The van der Waals surface area contributed by atoms with Crippen LogP contribution in [0.3, 0.4) is 0 Å². The number of aromatic nitrogens is 4. The molecule has 2 aromatic rings. The number of hydrogen-bond donors (Lipinski definition) is 2. The van der Waals surface area contributed by atoms with Gasteiger partial charge in [-0.05, 0) is 0 Å². The summed E-state index contributed by atoms with van der Waals surface area (Å²) < 4.78 is 2.08. The largest absolute Gasteiger partial charge is 0.329 e. The molecule has 2 aromatic heterocycles. The normalized spacial score (nSPS) is 11.0. The van der Waals surface area contributed by atoms with Crippen molar-refractivity contribution >= 4 is 11.2 Å². The first-order valence-electron chi connectivity index (χ1n) is 3.90. The third-order valence-electron chi connectivity index (χ3n) is 2.16. The van der Waals surface area contributed by atoms with E-state index in [4.69, 9.17) is 0 Å². The Labute approximate surface area is 76.6 Å². The van der Waals surface area contributed by atoms with E-state index in [2.05, 4.69) is 9.97 Å². The topological polar surface area (TPSA) is 92.7 Å². The van der Waals surface area contributed by atoms with Crippen LogP contribution in [0, 0.1) is 0 Å². The lowest BCUT2D eigenvalue weighted by molar-refractivity contribution is 0.783. The lowest BCUT2D eigenvalue weighted by atomic mass is 10.5. The van der Waals surface area contributed by atoms with Gasteiger partial charge in [-0.25, -0.2) is 9.59 Å². The minimum atomic E-state index is -0.544. The Balaban J connectivity index is 3.22. The third-order valence-corrected chi connectivity index (χ3v) is 2.16. The molecular weight excluding hydrogens is 188 g/mol. The van der Waals surface area contributed by atoms with E-state index in [1.807, 2.05) is 0 Å². The Bertz CT molecular complexity index is 669. The second-order valence-corrected chi connectivity index (χ2v) is 3.01. The number of aryl methyl sites for hydroxylation is 1. The standard InChI is InChI=1S/C7H8N4O3/c1-10-4-3(8-6(10)13)5(12)11(2)7(14)9-4/h1-2H3,(H,8,13)(H,9,14).